The first-order chi connectivity index (χ1) is 13.5. The number of carbonyl (C=O) groups is 2. The Balaban J connectivity index is 1.62. The second-order valence-corrected chi connectivity index (χ2v) is 7.68. The van der Waals surface area contributed by atoms with E-state index in [0.717, 1.165) is 12.8 Å². The van der Waals surface area contributed by atoms with E-state index in [4.69, 9.17) is 16.3 Å². The van der Waals surface area contributed by atoms with Gasteiger partial charge in [0.25, 0.3) is 0 Å². The van der Waals surface area contributed by atoms with Crippen LogP contribution >= 0.6 is 23.4 Å². The molecule has 2 aromatic rings. The van der Waals surface area contributed by atoms with Gasteiger partial charge in [-0.25, -0.2) is 4.98 Å². The average Bonchev–Trinajstić information content (AvgIpc) is 3.39. The van der Waals surface area contributed by atoms with Crippen LogP contribution in [0.3, 0.4) is 0 Å². The summed E-state index contributed by atoms with van der Waals surface area (Å²) in [5, 5.41) is 16.1. The summed E-state index contributed by atoms with van der Waals surface area (Å²) in [7, 11) is 1.51. The number of rotatable bonds is 9. The van der Waals surface area contributed by atoms with E-state index >= 15 is 0 Å². The number of aliphatic hydroxyl groups is 1. The number of thioether (sulfide) groups is 1. The fraction of sp³-hybridized carbons (Fsp3) is 0.389. The number of hydrogen-bond donors (Lipinski definition) is 3. The molecule has 3 N–H and O–H groups in total. The lowest BCUT2D eigenvalue weighted by Crippen LogP contribution is -2.30. The summed E-state index contributed by atoms with van der Waals surface area (Å²) in [6.45, 7) is -0.186. The summed E-state index contributed by atoms with van der Waals surface area (Å²) in [4.78, 5) is 28.7. The van der Waals surface area contributed by atoms with Gasteiger partial charge in [0.2, 0.25) is 11.8 Å². The number of aromatic nitrogens is 2. The maximum atomic E-state index is 12.3. The lowest BCUT2D eigenvalue weighted by atomic mass is 10.3. The zero-order chi connectivity index (χ0) is 20.1. The van der Waals surface area contributed by atoms with Crippen molar-refractivity contribution >= 4 is 40.9 Å². The maximum absolute atomic E-state index is 12.3. The Hall–Kier alpha value is -2.23. The van der Waals surface area contributed by atoms with Crippen molar-refractivity contribution in [1.82, 2.24) is 14.9 Å². The van der Waals surface area contributed by atoms with E-state index < -0.39 is 0 Å². The molecule has 0 atom stereocenters. The normalized spacial score (nSPS) is 13.2. The monoisotopic (exact) mass is 424 g/mol. The number of nitrogens with zero attached hydrogens (tertiary/aromatic N) is 2. The number of halogens is 1. The van der Waals surface area contributed by atoms with Crippen LogP contribution in [0.2, 0.25) is 5.02 Å². The molecular formula is C18H21ClN4O4S. The number of anilines is 1. The largest absolute Gasteiger partial charge is 0.495 e. The molecular weight excluding hydrogens is 404 g/mol. The number of aliphatic hydroxyl groups excluding tert-OH is 1. The quantitative estimate of drug-likeness (QED) is 0.532. The number of methoxy groups -OCH3 is 1. The molecule has 0 aliphatic heterocycles. The lowest BCUT2D eigenvalue weighted by Gasteiger charge is -2.12. The van der Waals surface area contributed by atoms with Crippen molar-refractivity contribution in [1.29, 1.82) is 0 Å². The minimum Gasteiger partial charge on any atom is -0.495 e. The Morgan fingerprint density at radius 2 is 2.18 bits per heavy atom. The van der Waals surface area contributed by atoms with E-state index in [0.29, 0.717) is 27.3 Å². The van der Waals surface area contributed by atoms with Gasteiger partial charge in [0.1, 0.15) is 12.3 Å². The summed E-state index contributed by atoms with van der Waals surface area (Å²) in [5.74, 6) is 0.170. The van der Waals surface area contributed by atoms with Crippen LogP contribution in [0.5, 0.6) is 5.75 Å². The summed E-state index contributed by atoms with van der Waals surface area (Å²) < 4.78 is 6.83. The fourth-order valence-corrected chi connectivity index (χ4v) is 3.51. The number of imidazole rings is 1. The van der Waals surface area contributed by atoms with Crippen LogP contribution in [0, 0.1) is 0 Å². The number of benzene rings is 1. The van der Waals surface area contributed by atoms with Gasteiger partial charge >= 0.3 is 0 Å². The van der Waals surface area contributed by atoms with E-state index in [1.54, 1.807) is 22.8 Å². The van der Waals surface area contributed by atoms with Gasteiger partial charge in [-0.1, -0.05) is 23.4 Å². The van der Waals surface area contributed by atoms with Crippen LogP contribution in [0.15, 0.2) is 29.6 Å². The molecule has 1 aromatic carbocycles. The van der Waals surface area contributed by atoms with Crippen molar-refractivity contribution in [3.63, 3.8) is 0 Å². The SMILES string of the molecule is COc1ccc(Cl)cc1NC(=O)CSc1ncc(CO)n1CC(=O)NC1CC1. The van der Waals surface area contributed by atoms with Gasteiger partial charge in [0, 0.05) is 11.1 Å². The Morgan fingerprint density at radius 1 is 1.39 bits per heavy atom. The molecule has 10 heteroatoms. The van der Waals surface area contributed by atoms with Gasteiger partial charge in [0.15, 0.2) is 5.16 Å². The highest BCUT2D eigenvalue weighted by atomic mass is 35.5. The van der Waals surface area contributed by atoms with Crippen LogP contribution in [-0.2, 0) is 22.7 Å². The third-order valence-electron chi connectivity index (χ3n) is 4.08. The van der Waals surface area contributed by atoms with E-state index in [1.807, 2.05) is 0 Å². The molecule has 2 amide bonds. The van der Waals surface area contributed by atoms with Gasteiger partial charge in [0.05, 0.1) is 37.0 Å². The fourth-order valence-electron chi connectivity index (χ4n) is 2.54. The van der Waals surface area contributed by atoms with E-state index in [1.165, 1.54) is 25.1 Å². The molecule has 1 aliphatic rings. The zero-order valence-electron chi connectivity index (χ0n) is 15.3. The van der Waals surface area contributed by atoms with Crippen LogP contribution < -0.4 is 15.4 Å². The molecule has 1 fully saturated rings. The van der Waals surface area contributed by atoms with Crippen molar-refractivity contribution in [2.75, 3.05) is 18.2 Å². The highest BCUT2D eigenvalue weighted by molar-refractivity contribution is 7.99. The number of hydrogen-bond acceptors (Lipinski definition) is 6. The molecule has 0 spiro atoms. The van der Waals surface area contributed by atoms with Gasteiger partial charge in [-0.2, -0.15) is 0 Å². The molecule has 0 bridgehead atoms. The first-order valence-electron chi connectivity index (χ1n) is 8.71. The molecule has 1 heterocycles. The smallest absolute Gasteiger partial charge is 0.240 e. The number of amides is 2. The summed E-state index contributed by atoms with van der Waals surface area (Å²) in [6.07, 6.45) is 3.50. The predicted octanol–water partition coefficient (Wildman–Crippen LogP) is 2.05. The highest BCUT2D eigenvalue weighted by Crippen LogP contribution is 2.28. The van der Waals surface area contributed by atoms with Gasteiger partial charge in [-0.05, 0) is 31.0 Å². The highest BCUT2D eigenvalue weighted by Gasteiger charge is 2.24. The van der Waals surface area contributed by atoms with Crippen molar-refractivity contribution < 1.29 is 19.4 Å². The van der Waals surface area contributed by atoms with Gasteiger partial charge in [-0.15, -0.1) is 0 Å². The maximum Gasteiger partial charge on any atom is 0.240 e. The minimum absolute atomic E-state index is 0.0540. The molecule has 1 aliphatic carbocycles. The van der Waals surface area contributed by atoms with Crippen molar-refractivity contribution in [3.8, 4) is 5.75 Å². The third kappa shape index (κ3) is 5.40. The van der Waals surface area contributed by atoms with Crippen LogP contribution in [0.25, 0.3) is 0 Å². The Morgan fingerprint density at radius 3 is 2.86 bits per heavy atom. The number of ether oxygens (including phenoxy) is 1. The number of nitrogens with one attached hydrogen (secondary N) is 2. The Kier molecular flexibility index (Phi) is 6.82. The topological polar surface area (TPSA) is 105 Å². The zero-order valence-corrected chi connectivity index (χ0v) is 16.8. The van der Waals surface area contributed by atoms with Crippen molar-refractivity contribution in [2.45, 2.75) is 37.2 Å². The van der Waals surface area contributed by atoms with E-state index in [-0.39, 0.29) is 36.8 Å². The molecule has 1 saturated carbocycles. The molecule has 28 heavy (non-hydrogen) atoms. The minimum atomic E-state index is -0.270. The van der Waals surface area contributed by atoms with Gasteiger partial charge in [-0.3, -0.25) is 9.59 Å². The third-order valence-corrected chi connectivity index (χ3v) is 5.30. The molecule has 1 aromatic heterocycles. The summed E-state index contributed by atoms with van der Waals surface area (Å²) >= 11 is 7.15. The average molecular weight is 425 g/mol. The Bertz CT molecular complexity index is 869. The lowest BCUT2D eigenvalue weighted by molar-refractivity contribution is -0.122. The predicted molar refractivity (Wildman–Crippen MR) is 107 cm³/mol. The van der Waals surface area contributed by atoms with Crippen molar-refractivity contribution in [3.05, 3.63) is 35.1 Å². The summed E-state index contributed by atoms with van der Waals surface area (Å²) in [5.41, 5.74) is 0.995. The molecule has 3 rings (SSSR count). The Labute approximate surface area is 171 Å². The second kappa shape index (κ2) is 9.31. The molecule has 0 saturated heterocycles. The molecule has 8 nitrogen and oxygen atoms in total. The van der Waals surface area contributed by atoms with E-state index in [2.05, 4.69) is 15.6 Å². The first kappa shape index (κ1) is 20.5. The molecule has 150 valence electrons. The second-order valence-electron chi connectivity index (χ2n) is 6.30. The van der Waals surface area contributed by atoms with E-state index in [9.17, 15) is 14.7 Å². The first-order valence-corrected chi connectivity index (χ1v) is 10.1. The van der Waals surface area contributed by atoms with Crippen LogP contribution in [-0.4, -0.2) is 45.4 Å². The number of carbonyl (C=O) groups excluding carboxylic acids is 2. The molecule has 0 radical (unpaired) electrons. The summed E-state index contributed by atoms with van der Waals surface area (Å²) in [6, 6.07) is 5.20. The van der Waals surface area contributed by atoms with Crippen molar-refractivity contribution in [2.24, 2.45) is 0 Å². The van der Waals surface area contributed by atoms with Crippen LogP contribution in [0.1, 0.15) is 18.5 Å². The van der Waals surface area contributed by atoms with Gasteiger partial charge < -0.3 is 25.0 Å². The standard InChI is InChI=1S/C18H21ClN4O4S/c1-27-15-5-2-11(19)6-14(15)22-17(26)10-28-18-20-7-13(9-24)23(18)8-16(25)21-12-3-4-12/h2,5-7,12,24H,3-4,8-10H2,1H3,(H,21,25)(H,22,26). The molecule has 0 unspecified atom stereocenters. The van der Waals surface area contributed by atoms with Crippen LogP contribution in [0.4, 0.5) is 5.69 Å².